The second-order valence-corrected chi connectivity index (χ2v) is 7.28. The number of carbonyl (C=O) groups excluding carboxylic acids is 1. The summed E-state index contributed by atoms with van der Waals surface area (Å²) < 4.78 is 33.8. The Morgan fingerprint density at radius 1 is 1.15 bits per heavy atom. The van der Waals surface area contributed by atoms with Gasteiger partial charge in [0.25, 0.3) is 0 Å². The van der Waals surface area contributed by atoms with Gasteiger partial charge in [-0.15, -0.1) is 3.89 Å². The smallest absolute Gasteiger partial charge is 0.302 e. The van der Waals surface area contributed by atoms with Gasteiger partial charge in [-0.1, -0.05) is 0 Å². The van der Waals surface area contributed by atoms with E-state index >= 15 is 0 Å². The Morgan fingerprint density at radius 3 is 2.45 bits per heavy atom. The molecule has 116 valence electrons. The molecule has 2 fully saturated rings. The molecule has 0 bridgehead atoms. The van der Waals surface area contributed by atoms with E-state index in [1.54, 1.807) is 4.90 Å². The summed E-state index contributed by atoms with van der Waals surface area (Å²) in [5.41, 5.74) is 0. The molecule has 1 unspecified atom stereocenters. The number of hydrogen-bond acceptors (Lipinski definition) is 4. The predicted molar refractivity (Wildman–Crippen MR) is 74.5 cm³/mol. The zero-order valence-corrected chi connectivity index (χ0v) is 12.6. The minimum Gasteiger partial charge on any atom is -0.342 e. The highest BCUT2D eigenvalue weighted by atomic mass is 32.3. The molecular weight excluding hydrogens is 283 g/mol. The van der Waals surface area contributed by atoms with E-state index in [0.29, 0.717) is 13.1 Å². The average molecular weight is 306 g/mol. The Labute approximate surface area is 120 Å². The SMILES string of the molecule is O=C1CC(CS(=O)(=O)F)CN1CCCCN1CCCC1. The predicted octanol–water partition coefficient (Wildman–Crippen LogP) is 1.01. The number of hydrogen-bond donors (Lipinski definition) is 0. The first-order valence-electron chi connectivity index (χ1n) is 7.36. The largest absolute Gasteiger partial charge is 0.342 e. The highest BCUT2D eigenvalue weighted by molar-refractivity contribution is 7.86. The van der Waals surface area contributed by atoms with Gasteiger partial charge in [0.2, 0.25) is 5.91 Å². The van der Waals surface area contributed by atoms with Crippen molar-refractivity contribution in [2.75, 3.05) is 38.5 Å². The molecule has 0 aromatic rings. The van der Waals surface area contributed by atoms with Crippen LogP contribution in [0.4, 0.5) is 3.89 Å². The molecule has 0 N–H and O–H groups in total. The first kappa shape index (κ1) is 15.7. The van der Waals surface area contributed by atoms with E-state index in [1.807, 2.05) is 0 Å². The van der Waals surface area contributed by atoms with Crippen molar-refractivity contribution >= 4 is 16.1 Å². The van der Waals surface area contributed by atoms with E-state index in [0.717, 1.165) is 19.4 Å². The van der Waals surface area contributed by atoms with Crippen LogP contribution < -0.4 is 0 Å². The molecule has 2 aliphatic rings. The fourth-order valence-electron chi connectivity index (χ4n) is 3.11. The van der Waals surface area contributed by atoms with Crippen molar-refractivity contribution < 1.29 is 17.1 Å². The van der Waals surface area contributed by atoms with Crippen molar-refractivity contribution in [3.05, 3.63) is 0 Å². The fraction of sp³-hybridized carbons (Fsp3) is 0.923. The molecule has 2 heterocycles. The van der Waals surface area contributed by atoms with Crippen LogP contribution in [0.3, 0.4) is 0 Å². The number of carbonyl (C=O) groups is 1. The van der Waals surface area contributed by atoms with Crippen molar-refractivity contribution in [2.45, 2.75) is 32.1 Å². The Balaban J connectivity index is 1.64. The summed E-state index contributed by atoms with van der Waals surface area (Å²) in [6.07, 6.45) is 4.70. The van der Waals surface area contributed by atoms with E-state index < -0.39 is 16.0 Å². The lowest BCUT2D eigenvalue weighted by atomic mass is 10.1. The lowest BCUT2D eigenvalue weighted by Gasteiger charge is -2.18. The van der Waals surface area contributed by atoms with Crippen LogP contribution in [-0.2, 0) is 15.0 Å². The Morgan fingerprint density at radius 2 is 1.80 bits per heavy atom. The topological polar surface area (TPSA) is 57.7 Å². The summed E-state index contributed by atoms with van der Waals surface area (Å²) in [5, 5.41) is 0. The number of rotatable bonds is 7. The van der Waals surface area contributed by atoms with Gasteiger partial charge in [-0.2, -0.15) is 8.42 Å². The fourth-order valence-corrected chi connectivity index (χ4v) is 3.89. The molecule has 1 atom stereocenters. The molecule has 1 amide bonds. The molecule has 0 aromatic heterocycles. The average Bonchev–Trinajstić information content (AvgIpc) is 2.93. The summed E-state index contributed by atoms with van der Waals surface area (Å²) in [6.45, 7) is 4.48. The monoisotopic (exact) mass is 306 g/mol. The lowest BCUT2D eigenvalue weighted by Crippen LogP contribution is -2.28. The lowest BCUT2D eigenvalue weighted by molar-refractivity contribution is -0.127. The van der Waals surface area contributed by atoms with Gasteiger partial charge in [0.1, 0.15) is 0 Å². The molecule has 0 aromatic carbocycles. The molecule has 2 saturated heterocycles. The van der Waals surface area contributed by atoms with Crippen LogP contribution in [0.5, 0.6) is 0 Å². The van der Waals surface area contributed by atoms with Gasteiger partial charge in [0.05, 0.1) is 5.75 Å². The number of nitrogens with zero attached hydrogens (tertiary/aromatic N) is 2. The molecule has 7 heteroatoms. The van der Waals surface area contributed by atoms with Gasteiger partial charge < -0.3 is 9.80 Å². The summed E-state index contributed by atoms with van der Waals surface area (Å²) in [4.78, 5) is 15.8. The van der Waals surface area contributed by atoms with E-state index in [1.165, 1.54) is 25.9 Å². The minimum atomic E-state index is -4.48. The second-order valence-electron chi connectivity index (χ2n) is 5.87. The van der Waals surface area contributed by atoms with Crippen molar-refractivity contribution in [3.8, 4) is 0 Å². The molecule has 20 heavy (non-hydrogen) atoms. The van der Waals surface area contributed by atoms with Crippen molar-refractivity contribution in [1.82, 2.24) is 9.80 Å². The van der Waals surface area contributed by atoms with Gasteiger partial charge in [0, 0.05) is 25.4 Å². The molecule has 0 radical (unpaired) electrons. The number of amides is 1. The van der Waals surface area contributed by atoms with Crippen LogP contribution in [0.15, 0.2) is 0 Å². The van der Waals surface area contributed by atoms with Crippen LogP contribution in [0.1, 0.15) is 32.1 Å². The van der Waals surface area contributed by atoms with E-state index in [4.69, 9.17) is 0 Å². The highest BCUT2D eigenvalue weighted by Crippen LogP contribution is 2.20. The molecule has 2 aliphatic heterocycles. The maximum Gasteiger partial charge on any atom is 0.302 e. The standard InChI is InChI=1S/C13H23FN2O3S/c14-20(18,19)11-12-9-13(17)16(10-12)8-4-3-7-15-5-1-2-6-15/h12H,1-11H2. The van der Waals surface area contributed by atoms with Gasteiger partial charge in [-0.05, 0) is 45.3 Å². The maximum absolute atomic E-state index is 12.6. The van der Waals surface area contributed by atoms with Gasteiger partial charge in [0.15, 0.2) is 0 Å². The van der Waals surface area contributed by atoms with Crippen molar-refractivity contribution in [1.29, 1.82) is 0 Å². The van der Waals surface area contributed by atoms with Gasteiger partial charge in [-0.3, -0.25) is 4.79 Å². The maximum atomic E-state index is 12.6. The number of unbranched alkanes of at least 4 members (excludes halogenated alkanes) is 1. The van der Waals surface area contributed by atoms with E-state index in [-0.39, 0.29) is 18.2 Å². The Bertz CT molecular complexity index is 435. The van der Waals surface area contributed by atoms with Crippen LogP contribution >= 0.6 is 0 Å². The Hall–Kier alpha value is -0.690. The quantitative estimate of drug-likeness (QED) is 0.520. The summed E-state index contributed by atoms with van der Waals surface area (Å²) in [7, 11) is -4.48. The summed E-state index contributed by atoms with van der Waals surface area (Å²) in [6, 6.07) is 0. The molecule has 0 spiro atoms. The third kappa shape index (κ3) is 5.01. The third-order valence-corrected chi connectivity index (χ3v) is 4.95. The van der Waals surface area contributed by atoms with Crippen molar-refractivity contribution in [2.24, 2.45) is 5.92 Å². The second kappa shape index (κ2) is 6.85. The van der Waals surface area contributed by atoms with Crippen LogP contribution in [-0.4, -0.2) is 62.6 Å². The van der Waals surface area contributed by atoms with E-state index in [9.17, 15) is 17.1 Å². The summed E-state index contributed by atoms with van der Waals surface area (Å²) in [5.74, 6) is -0.945. The molecule has 0 aliphatic carbocycles. The number of likely N-dealkylation sites (tertiary alicyclic amines) is 2. The van der Waals surface area contributed by atoms with Crippen LogP contribution in [0.25, 0.3) is 0 Å². The Kier molecular flexibility index (Phi) is 5.37. The zero-order chi connectivity index (χ0) is 14.6. The molecular formula is C13H23FN2O3S. The highest BCUT2D eigenvalue weighted by Gasteiger charge is 2.32. The summed E-state index contributed by atoms with van der Waals surface area (Å²) >= 11 is 0. The number of halogens is 1. The van der Waals surface area contributed by atoms with E-state index in [2.05, 4.69) is 4.90 Å². The first-order valence-corrected chi connectivity index (χ1v) is 8.92. The third-order valence-electron chi connectivity index (χ3n) is 4.08. The molecule has 5 nitrogen and oxygen atoms in total. The van der Waals surface area contributed by atoms with Crippen LogP contribution in [0, 0.1) is 5.92 Å². The van der Waals surface area contributed by atoms with Gasteiger partial charge in [-0.25, -0.2) is 0 Å². The first-order chi connectivity index (χ1) is 9.44. The zero-order valence-electron chi connectivity index (χ0n) is 11.8. The van der Waals surface area contributed by atoms with Crippen molar-refractivity contribution in [3.63, 3.8) is 0 Å². The molecule has 0 saturated carbocycles. The van der Waals surface area contributed by atoms with Gasteiger partial charge >= 0.3 is 10.2 Å². The normalized spacial score (nSPS) is 24.8. The van der Waals surface area contributed by atoms with Crippen LogP contribution in [0.2, 0.25) is 0 Å². The minimum absolute atomic E-state index is 0.0418. The molecule has 2 rings (SSSR count).